The number of aryl methyl sites for hydroxylation is 1. The minimum absolute atomic E-state index is 0.0192. The fourth-order valence-electron chi connectivity index (χ4n) is 6.00. The Balaban J connectivity index is 1.48. The van der Waals surface area contributed by atoms with Crippen molar-refractivity contribution in [2.75, 3.05) is 13.1 Å². The van der Waals surface area contributed by atoms with Gasteiger partial charge in [-0.2, -0.15) is 0 Å². The Morgan fingerprint density at radius 3 is 2.57 bits per heavy atom. The molecule has 0 spiro atoms. The standard InChI is InChI=1S/C30H39Cl2N3O2/c1-20(2)16-25(11-13-29(36)22-9-12-26(31)27(32)17-22)34-15-14-24(10-8-21-6-4-3-5-7-21)35-19-23(33)18-28(35)30(34)37/h3-7,9,12,17,20,23-25,28H,8,10-11,13-16,18-19,33H2,1-2H3/t23-,24?,25+,28+/m1/s1. The molecule has 7 heteroatoms. The molecule has 4 atom stereocenters. The zero-order valence-electron chi connectivity index (χ0n) is 21.9. The Hall–Kier alpha value is -1.92. The monoisotopic (exact) mass is 543 g/mol. The molecule has 1 unspecified atom stereocenters. The fourth-order valence-corrected chi connectivity index (χ4v) is 6.30. The van der Waals surface area contributed by atoms with Crippen LogP contribution in [0.15, 0.2) is 48.5 Å². The lowest BCUT2D eigenvalue weighted by Crippen LogP contribution is -2.48. The van der Waals surface area contributed by atoms with Crippen LogP contribution in [0.3, 0.4) is 0 Å². The summed E-state index contributed by atoms with van der Waals surface area (Å²) in [6, 6.07) is 15.8. The maximum Gasteiger partial charge on any atom is 0.240 e. The highest BCUT2D eigenvalue weighted by Crippen LogP contribution is 2.32. The molecule has 200 valence electrons. The van der Waals surface area contributed by atoms with Gasteiger partial charge in [-0.05, 0) is 68.2 Å². The van der Waals surface area contributed by atoms with E-state index in [1.807, 2.05) is 6.07 Å². The first-order valence-corrected chi connectivity index (χ1v) is 14.3. The van der Waals surface area contributed by atoms with E-state index in [-0.39, 0.29) is 29.8 Å². The lowest BCUT2D eigenvalue weighted by atomic mass is 9.94. The van der Waals surface area contributed by atoms with Crippen molar-refractivity contribution >= 4 is 34.9 Å². The summed E-state index contributed by atoms with van der Waals surface area (Å²) in [5.41, 5.74) is 8.28. The first-order chi connectivity index (χ1) is 17.7. The van der Waals surface area contributed by atoms with Crippen LogP contribution in [0.25, 0.3) is 0 Å². The van der Waals surface area contributed by atoms with E-state index in [9.17, 15) is 9.59 Å². The third-order valence-corrected chi connectivity index (χ3v) is 8.59. The summed E-state index contributed by atoms with van der Waals surface area (Å²) < 4.78 is 0. The average molecular weight is 545 g/mol. The van der Waals surface area contributed by atoms with Crippen LogP contribution >= 0.6 is 23.2 Å². The Labute approximate surface area is 231 Å². The molecule has 4 rings (SSSR count). The van der Waals surface area contributed by atoms with Crippen LogP contribution < -0.4 is 5.73 Å². The summed E-state index contributed by atoms with van der Waals surface area (Å²) in [6.07, 6.45) is 5.50. The number of Topliss-reactive ketones (excluding diaryl/α,β-unsaturated/α-hetero) is 1. The highest BCUT2D eigenvalue weighted by Gasteiger charge is 2.44. The number of ketones is 1. The molecule has 2 aromatic carbocycles. The van der Waals surface area contributed by atoms with Crippen molar-refractivity contribution in [2.24, 2.45) is 11.7 Å². The van der Waals surface area contributed by atoms with Crippen molar-refractivity contribution in [2.45, 2.75) is 83.0 Å². The molecule has 0 aromatic heterocycles. The molecule has 0 saturated carbocycles. The average Bonchev–Trinajstić information content (AvgIpc) is 3.21. The number of hydrogen-bond acceptors (Lipinski definition) is 4. The summed E-state index contributed by atoms with van der Waals surface area (Å²) in [7, 11) is 0. The number of carbonyl (C=O) groups is 2. The molecular weight excluding hydrogens is 505 g/mol. The number of nitrogens with two attached hydrogens (primary N) is 1. The molecule has 2 aliphatic rings. The first kappa shape index (κ1) is 28.1. The van der Waals surface area contributed by atoms with Gasteiger partial charge in [0, 0.05) is 43.2 Å². The largest absolute Gasteiger partial charge is 0.338 e. The molecular formula is C30H39Cl2N3O2. The van der Waals surface area contributed by atoms with E-state index in [1.54, 1.807) is 18.2 Å². The smallest absolute Gasteiger partial charge is 0.240 e. The van der Waals surface area contributed by atoms with Gasteiger partial charge in [-0.3, -0.25) is 14.5 Å². The number of fused-ring (bicyclic) bond motifs is 1. The van der Waals surface area contributed by atoms with E-state index in [0.29, 0.717) is 46.8 Å². The number of amides is 1. The summed E-state index contributed by atoms with van der Waals surface area (Å²) >= 11 is 12.2. The molecule has 0 aliphatic carbocycles. The number of benzene rings is 2. The van der Waals surface area contributed by atoms with Crippen LogP contribution in [-0.2, 0) is 11.2 Å². The fraction of sp³-hybridized carbons (Fsp3) is 0.533. The van der Waals surface area contributed by atoms with E-state index in [4.69, 9.17) is 28.9 Å². The van der Waals surface area contributed by atoms with Crippen molar-refractivity contribution in [3.05, 3.63) is 69.7 Å². The summed E-state index contributed by atoms with van der Waals surface area (Å²) in [6.45, 7) is 5.85. The van der Waals surface area contributed by atoms with Gasteiger partial charge in [0.05, 0.1) is 16.1 Å². The second kappa shape index (κ2) is 12.8. The van der Waals surface area contributed by atoms with E-state index >= 15 is 0 Å². The second-order valence-corrected chi connectivity index (χ2v) is 11.9. The first-order valence-electron chi connectivity index (χ1n) is 13.6. The van der Waals surface area contributed by atoms with E-state index < -0.39 is 0 Å². The SMILES string of the molecule is CC(C)C[C@H](CCC(=O)c1ccc(Cl)c(Cl)c1)N1CCC(CCc2ccccc2)N2C[C@H](N)C[C@H]2C1=O. The van der Waals surface area contributed by atoms with Crippen molar-refractivity contribution in [1.82, 2.24) is 9.80 Å². The second-order valence-electron chi connectivity index (χ2n) is 11.1. The number of rotatable bonds is 10. The van der Waals surface area contributed by atoms with Gasteiger partial charge in [-0.15, -0.1) is 0 Å². The van der Waals surface area contributed by atoms with Gasteiger partial charge >= 0.3 is 0 Å². The maximum atomic E-state index is 13.9. The molecule has 37 heavy (non-hydrogen) atoms. The van der Waals surface area contributed by atoms with Gasteiger partial charge in [0.2, 0.25) is 5.91 Å². The molecule has 2 fully saturated rings. The van der Waals surface area contributed by atoms with Gasteiger partial charge in [0.1, 0.15) is 0 Å². The highest BCUT2D eigenvalue weighted by atomic mass is 35.5. The van der Waals surface area contributed by atoms with Crippen molar-refractivity contribution < 1.29 is 9.59 Å². The Morgan fingerprint density at radius 2 is 1.86 bits per heavy atom. The van der Waals surface area contributed by atoms with Gasteiger partial charge in [-0.25, -0.2) is 0 Å². The predicted molar refractivity (Wildman–Crippen MR) is 151 cm³/mol. The van der Waals surface area contributed by atoms with E-state index in [1.165, 1.54) is 5.56 Å². The predicted octanol–water partition coefficient (Wildman–Crippen LogP) is 6.01. The third-order valence-electron chi connectivity index (χ3n) is 7.85. The number of halogens is 2. The van der Waals surface area contributed by atoms with Crippen molar-refractivity contribution in [3.63, 3.8) is 0 Å². The topological polar surface area (TPSA) is 66.6 Å². The molecule has 2 saturated heterocycles. The molecule has 0 radical (unpaired) electrons. The zero-order chi connectivity index (χ0) is 26.5. The van der Waals surface area contributed by atoms with Gasteiger partial charge in [0.25, 0.3) is 0 Å². The maximum absolute atomic E-state index is 13.9. The molecule has 2 aromatic rings. The van der Waals surface area contributed by atoms with Crippen molar-refractivity contribution in [3.8, 4) is 0 Å². The number of carbonyl (C=O) groups excluding carboxylic acids is 2. The molecule has 1 amide bonds. The molecule has 2 N–H and O–H groups in total. The molecule has 0 bridgehead atoms. The van der Waals surface area contributed by atoms with Crippen LogP contribution in [0.5, 0.6) is 0 Å². The number of nitrogens with zero attached hydrogens (tertiary/aromatic N) is 2. The van der Waals surface area contributed by atoms with E-state index in [0.717, 1.165) is 38.8 Å². The molecule has 5 nitrogen and oxygen atoms in total. The van der Waals surface area contributed by atoms with Crippen LogP contribution in [0.1, 0.15) is 68.3 Å². The summed E-state index contributed by atoms with van der Waals surface area (Å²) in [4.78, 5) is 31.4. The third kappa shape index (κ3) is 7.14. The highest BCUT2D eigenvalue weighted by molar-refractivity contribution is 6.42. The lowest BCUT2D eigenvalue weighted by Gasteiger charge is -2.34. The van der Waals surface area contributed by atoms with Gasteiger partial charge < -0.3 is 10.6 Å². The molecule has 2 aliphatic heterocycles. The molecule has 2 heterocycles. The zero-order valence-corrected chi connectivity index (χ0v) is 23.4. The Kier molecular flexibility index (Phi) is 9.68. The summed E-state index contributed by atoms with van der Waals surface area (Å²) in [5.74, 6) is 0.625. The number of hydrogen-bond donors (Lipinski definition) is 1. The van der Waals surface area contributed by atoms with Gasteiger partial charge in [-0.1, -0.05) is 67.4 Å². The lowest BCUT2D eigenvalue weighted by molar-refractivity contribution is -0.137. The normalized spacial score (nSPS) is 23.2. The Morgan fingerprint density at radius 1 is 1.11 bits per heavy atom. The van der Waals surface area contributed by atoms with Crippen LogP contribution in [-0.4, -0.2) is 58.7 Å². The minimum Gasteiger partial charge on any atom is -0.338 e. The minimum atomic E-state index is -0.168. The van der Waals surface area contributed by atoms with Crippen LogP contribution in [0, 0.1) is 5.92 Å². The van der Waals surface area contributed by atoms with E-state index in [2.05, 4.69) is 47.9 Å². The van der Waals surface area contributed by atoms with Gasteiger partial charge in [0.15, 0.2) is 5.78 Å². The Bertz CT molecular complexity index is 1080. The van der Waals surface area contributed by atoms with Crippen LogP contribution in [0.4, 0.5) is 0 Å². The van der Waals surface area contributed by atoms with Crippen LogP contribution in [0.2, 0.25) is 10.0 Å². The van der Waals surface area contributed by atoms with Crippen molar-refractivity contribution in [1.29, 1.82) is 0 Å². The summed E-state index contributed by atoms with van der Waals surface area (Å²) in [5, 5.41) is 0.820. The quantitative estimate of drug-likeness (QED) is 0.373.